The molecule has 0 saturated carbocycles. The van der Waals surface area contributed by atoms with Crippen LogP contribution in [0.2, 0.25) is 0 Å². The van der Waals surface area contributed by atoms with Crippen molar-refractivity contribution in [2.24, 2.45) is 0 Å². The Labute approximate surface area is 116 Å². The van der Waals surface area contributed by atoms with Crippen LogP contribution in [0.5, 0.6) is 11.5 Å². The zero-order valence-electron chi connectivity index (χ0n) is 11.5. The van der Waals surface area contributed by atoms with Crippen LogP contribution in [-0.2, 0) is 6.18 Å². The highest BCUT2D eigenvalue weighted by Gasteiger charge is 2.38. The van der Waals surface area contributed by atoms with E-state index in [0.717, 1.165) is 6.07 Å². The van der Waals surface area contributed by atoms with Crippen LogP contribution >= 0.6 is 0 Å². The van der Waals surface area contributed by atoms with Crippen LogP contribution in [0.1, 0.15) is 29.9 Å². The lowest BCUT2D eigenvalue weighted by Gasteiger charge is -2.28. The maximum Gasteiger partial charge on any atom is 0.416 e. The summed E-state index contributed by atoms with van der Waals surface area (Å²) in [6.45, 7) is 1.42. The average molecular weight is 289 g/mol. The number of rotatable bonds is 3. The van der Waals surface area contributed by atoms with Gasteiger partial charge in [0.25, 0.3) is 0 Å². The number of nitrogens with one attached hydrogen (secondary N) is 1. The first-order valence-corrected chi connectivity index (χ1v) is 6.51. The van der Waals surface area contributed by atoms with E-state index in [1.165, 1.54) is 20.3 Å². The number of ether oxygens (including phenoxy) is 2. The van der Waals surface area contributed by atoms with Gasteiger partial charge in [-0.25, -0.2) is 0 Å². The van der Waals surface area contributed by atoms with Crippen molar-refractivity contribution >= 4 is 0 Å². The van der Waals surface area contributed by atoms with Gasteiger partial charge in [0.1, 0.15) is 0 Å². The van der Waals surface area contributed by atoms with Crippen LogP contribution in [0.25, 0.3) is 0 Å². The van der Waals surface area contributed by atoms with Crippen LogP contribution in [0, 0.1) is 0 Å². The van der Waals surface area contributed by atoms with Gasteiger partial charge in [0, 0.05) is 5.56 Å². The number of benzene rings is 1. The van der Waals surface area contributed by atoms with Crippen molar-refractivity contribution in [3.63, 3.8) is 0 Å². The predicted octanol–water partition coefficient (Wildman–Crippen LogP) is 3.19. The highest BCUT2D eigenvalue weighted by Crippen LogP contribution is 2.46. The molecule has 1 fully saturated rings. The van der Waals surface area contributed by atoms with E-state index in [0.29, 0.717) is 31.7 Å². The van der Waals surface area contributed by atoms with Crippen molar-refractivity contribution in [2.75, 3.05) is 27.3 Å². The molecule has 1 aliphatic heterocycles. The summed E-state index contributed by atoms with van der Waals surface area (Å²) < 4.78 is 50.1. The van der Waals surface area contributed by atoms with E-state index >= 15 is 0 Å². The van der Waals surface area contributed by atoms with Crippen LogP contribution in [0.3, 0.4) is 0 Å². The number of piperidine rings is 1. The second-order valence-electron chi connectivity index (χ2n) is 4.78. The lowest BCUT2D eigenvalue weighted by atomic mass is 9.86. The third kappa shape index (κ3) is 2.85. The molecule has 3 nitrogen and oxygen atoms in total. The van der Waals surface area contributed by atoms with Crippen LogP contribution in [-0.4, -0.2) is 27.3 Å². The van der Waals surface area contributed by atoms with Crippen molar-refractivity contribution in [3.05, 3.63) is 23.3 Å². The number of alkyl halides is 3. The van der Waals surface area contributed by atoms with Crippen LogP contribution in [0.15, 0.2) is 12.1 Å². The van der Waals surface area contributed by atoms with E-state index in [9.17, 15) is 13.2 Å². The van der Waals surface area contributed by atoms with E-state index in [1.54, 1.807) is 0 Å². The summed E-state index contributed by atoms with van der Waals surface area (Å²) in [4.78, 5) is 0. The van der Waals surface area contributed by atoms with Crippen molar-refractivity contribution in [2.45, 2.75) is 24.9 Å². The number of hydrogen-bond acceptors (Lipinski definition) is 3. The average Bonchev–Trinajstić information content (AvgIpc) is 2.45. The van der Waals surface area contributed by atoms with Gasteiger partial charge in [0.15, 0.2) is 11.5 Å². The molecule has 1 aliphatic rings. The smallest absolute Gasteiger partial charge is 0.416 e. The van der Waals surface area contributed by atoms with Gasteiger partial charge in [-0.3, -0.25) is 0 Å². The number of hydrogen-bond donors (Lipinski definition) is 1. The summed E-state index contributed by atoms with van der Waals surface area (Å²) in [5.74, 6) is 0.376. The first kappa shape index (κ1) is 15.0. The molecule has 1 aromatic rings. The minimum Gasteiger partial charge on any atom is -0.493 e. The normalized spacial score (nSPS) is 17.1. The second-order valence-corrected chi connectivity index (χ2v) is 4.78. The van der Waals surface area contributed by atoms with Gasteiger partial charge < -0.3 is 14.8 Å². The standard InChI is InChI=1S/C14H18F3NO2/c1-19-11-4-3-10(14(15,16)17)12(13(11)20-2)9-5-7-18-8-6-9/h3-4,9,18H,5-8H2,1-2H3. The Morgan fingerprint density at radius 2 is 1.75 bits per heavy atom. The van der Waals surface area contributed by atoms with Crippen molar-refractivity contribution in [3.8, 4) is 11.5 Å². The zero-order chi connectivity index (χ0) is 14.8. The van der Waals surface area contributed by atoms with E-state index in [2.05, 4.69) is 5.32 Å². The molecule has 0 spiro atoms. The lowest BCUT2D eigenvalue weighted by Crippen LogP contribution is -2.28. The quantitative estimate of drug-likeness (QED) is 0.927. The molecule has 0 radical (unpaired) electrons. The van der Waals surface area contributed by atoms with Gasteiger partial charge in [-0.05, 0) is 44.0 Å². The Bertz CT molecular complexity index is 468. The van der Waals surface area contributed by atoms with E-state index < -0.39 is 11.7 Å². The molecule has 1 N–H and O–H groups in total. The fourth-order valence-electron chi connectivity index (χ4n) is 2.71. The second kappa shape index (κ2) is 5.91. The van der Waals surface area contributed by atoms with Crippen molar-refractivity contribution in [1.82, 2.24) is 5.32 Å². The molecule has 0 atom stereocenters. The summed E-state index contributed by atoms with van der Waals surface area (Å²) in [5, 5.41) is 3.16. The molecule has 0 bridgehead atoms. The molecule has 0 aromatic heterocycles. The van der Waals surface area contributed by atoms with Gasteiger partial charge >= 0.3 is 6.18 Å². The maximum absolute atomic E-state index is 13.2. The zero-order valence-corrected chi connectivity index (χ0v) is 11.5. The molecule has 6 heteroatoms. The van der Waals surface area contributed by atoms with Gasteiger partial charge in [-0.2, -0.15) is 13.2 Å². The van der Waals surface area contributed by atoms with Gasteiger partial charge in [-0.1, -0.05) is 0 Å². The minimum absolute atomic E-state index is 0.169. The molecule has 2 rings (SSSR count). The third-order valence-electron chi connectivity index (χ3n) is 3.64. The molecule has 20 heavy (non-hydrogen) atoms. The van der Waals surface area contributed by atoms with E-state index in [4.69, 9.17) is 9.47 Å². The first-order chi connectivity index (χ1) is 9.49. The summed E-state index contributed by atoms with van der Waals surface area (Å²) in [7, 11) is 2.81. The maximum atomic E-state index is 13.2. The Morgan fingerprint density at radius 1 is 1.10 bits per heavy atom. The first-order valence-electron chi connectivity index (χ1n) is 6.51. The topological polar surface area (TPSA) is 30.5 Å². The fourth-order valence-corrected chi connectivity index (χ4v) is 2.71. The molecule has 0 unspecified atom stereocenters. The van der Waals surface area contributed by atoms with Crippen LogP contribution < -0.4 is 14.8 Å². The Kier molecular flexibility index (Phi) is 4.42. The largest absolute Gasteiger partial charge is 0.493 e. The van der Waals surface area contributed by atoms with Gasteiger partial charge in [-0.15, -0.1) is 0 Å². The molecule has 1 saturated heterocycles. The molecule has 112 valence electrons. The molecular formula is C14H18F3NO2. The molecule has 0 aliphatic carbocycles. The Morgan fingerprint density at radius 3 is 2.25 bits per heavy atom. The SMILES string of the molecule is COc1ccc(C(F)(F)F)c(C2CCNCC2)c1OC. The van der Waals surface area contributed by atoms with E-state index in [-0.39, 0.29) is 17.2 Å². The third-order valence-corrected chi connectivity index (χ3v) is 3.64. The number of methoxy groups -OCH3 is 2. The molecule has 1 aromatic carbocycles. The fraction of sp³-hybridized carbons (Fsp3) is 0.571. The van der Waals surface area contributed by atoms with E-state index in [1.807, 2.05) is 0 Å². The Hall–Kier alpha value is -1.43. The summed E-state index contributed by atoms with van der Waals surface area (Å²) in [6, 6.07) is 2.39. The van der Waals surface area contributed by atoms with Crippen molar-refractivity contribution < 1.29 is 22.6 Å². The van der Waals surface area contributed by atoms with Gasteiger partial charge in [0.05, 0.1) is 19.8 Å². The monoisotopic (exact) mass is 289 g/mol. The summed E-state index contributed by atoms with van der Waals surface area (Å²) in [5.41, 5.74) is -0.400. The minimum atomic E-state index is -4.39. The lowest BCUT2D eigenvalue weighted by molar-refractivity contribution is -0.138. The number of halogens is 3. The predicted molar refractivity (Wildman–Crippen MR) is 69.4 cm³/mol. The molecular weight excluding hydrogens is 271 g/mol. The van der Waals surface area contributed by atoms with Gasteiger partial charge in [0.2, 0.25) is 0 Å². The molecule has 1 heterocycles. The highest BCUT2D eigenvalue weighted by atomic mass is 19.4. The summed E-state index contributed by atoms with van der Waals surface area (Å²) in [6.07, 6.45) is -3.07. The van der Waals surface area contributed by atoms with Crippen molar-refractivity contribution in [1.29, 1.82) is 0 Å². The van der Waals surface area contributed by atoms with Crippen LogP contribution in [0.4, 0.5) is 13.2 Å². The summed E-state index contributed by atoms with van der Waals surface area (Å²) >= 11 is 0. The molecule has 0 amide bonds. The highest BCUT2D eigenvalue weighted by molar-refractivity contribution is 5.53. The Balaban J connectivity index is 2.57.